The van der Waals surface area contributed by atoms with Gasteiger partial charge in [0, 0.05) is 10.6 Å². The molecule has 3 N–H and O–H groups in total. The van der Waals surface area contributed by atoms with E-state index in [1.807, 2.05) is 50.2 Å². The highest BCUT2D eigenvalue weighted by Crippen LogP contribution is 2.31. The van der Waals surface area contributed by atoms with Gasteiger partial charge in [-0.05, 0) is 42.7 Å². The number of hydrogen-bond donors (Lipinski definition) is 2. The number of hydrogen-bond acceptors (Lipinski definition) is 6. The quantitative estimate of drug-likeness (QED) is 0.344. The number of halogens is 1. The summed E-state index contributed by atoms with van der Waals surface area (Å²) in [5.41, 5.74) is 10.4. The maximum absolute atomic E-state index is 12.4. The molecule has 4 aromatic rings. The zero-order valence-electron chi connectivity index (χ0n) is 16.6. The van der Waals surface area contributed by atoms with Crippen LogP contribution in [0.2, 0.25) is 5.02 Å². The van der Waals surface area contributed by atoms with E-state index in [-0.39, 0.29) is 5.56 Å². The van der Waals surface area contributed by atoms with Crippen molar-refractivity contribution in [3.63, 3.8) is 0 Å². The Bertz CT molecular complexity index is 1290. The van der Waals surface area contributed by atoms with Crippen molar-refractivity contribution < 1.29 is 0 Å². The van der Waals surface area contributed by atoms with Gasteiger partial charge in [0.1, 0.15) is 11.6 Å². The number of anilines is 1. The summed E-state index contributed by atoms with van der Waals surface area (Å²) in [6, 6.07) is 13.0. The van der Waals surface area contributed by atoms with Crippen LogP contribution >= 0.6 is 23.4 Å². The Morgan fingerprint density at radius 3 is 2.60 bits per heavy atom. The van der Waals surface area contributed by atoms with Crippen molar-refractivity contribution in [2.45, 2.75) is 31.2 Å². The molecule has 2 aromatic heterocycles. The molecular formula is C22H20ClN5OS. The van der Waals surface area contributed by atoms with Gasteiger partial charge < -0.3 is 10.7 Å². The Kier molecular flexibility index (Phi) is 5.74. The minimum atomic E-state index is -0.146. The van der Waals surface area contributed by atoms with Gasteiger partial charge in [-0.25, -0.2) is 15.0 Å². The normalized spacial score (nSPS) is 11.2. The minimum absolute atomic E-state index is 0.146. The van der Waals surface area contributed by atoms with Crippen LogP contribution in [0.4, 0.5) is 5.82 Å². The number of fused-ring (bicyclic) bond motifs is 1. The molecule has 0 fully saturated rings. The number of para-hydroxylation sites is 1. The predicted octanol–water partition coefficient (Wildman–Crippen LogP) is 4.78. The first-order chi connectivity index (χ1) is 14.5. The molecule has 0 amide bonds. The molecule has 30 heavy (non-hydrogen) atoms. The van der Waals surface area contributed by atoms with E-state index in [1.165, 1.54) is 11.8 Å². The lowest BCUT2D eigenvalue weighted by Crippen LogP contribution is -2.12. The smallest absolute Gasteiger partial charge is 0.258 e. The molecule has 0 aliphatic rings. The van der Waals surface area contributed by atoms with Crippen LogP contribution in [0, 0.1) is 6.92 Å². The first kappa shape index (κ1) is 20.4. The highest BCUT2D eigenvalue weighted by molar-refractivity contribution is 7.98. The van der Waals surface area contributed by atoms with Crippen molar-refractivity contribution in [3.05, 3.63) is 74.9 Å². The molecule has 0 saturated carbocycles. The van der Waals surface area contributed by atoms with Gasteiger partial charge in [0.2, 0.25) is 0 Å². The lowest BCUT2D eigenvalue weighted by atomic mass is 10.0. The Morgan fingerprint density at radius 2 is 1.87 bits per heavy atom. The van der Waals surface area contributed by atoms with E-state index in [4.69, 9.17) is 17.3 Å². The molecule has 2 heterocycles. The molecule has 0 saturated heterocycles. The highest BCUT2D eigenvalue weighted by atomic mass is 35.5. The highest BCUT2D eigenvalue weighted by Gasteiger charge is 2.14. The van der Waals surface area contributed by atoms with E-state index in [2.05, 4.69) is 19.9 Å². The van der Waals surface area contributed by atoms with E-state index in [9.17, 15) is 4.79 Å². The van der Waals surface area contributed by atoms with Gasteiger partial charge in [-0.3, -0.25) is 4.79 Å². The van der Waals surface area contributed by atoms with Crippen molar-refractivity contribution >= 4 is 40.1 Å². The third-order valence-corrected chi connectivity index (χ3v) is 5.89. The zero-order valence-corrected chi connectivity index (χ0v) is 18.1. The van der Waals surface area contributed by atoms with E-state index < -0.39 is 0 Å². The average molecular weight is 438 g/mol. The molecule has 0 unspecified atom stereocenters. The third-order valence-electron chi connectivity index (χ3n) is 4.78. The second-order valence-corrected chi connectivity index (χ2v) is 8.22. The van der Waals surface area contributed by atoms with Crippen LogP contribution in [0.5, 0.6) is 0 Å². The lowest BCUT2D eigenvalue weighted by Gasteiger charge is -2.12. The molecule has 152 valence electrons. The second-order valence-electron chi connectivity index (χ2n) is 6.85. The second kappa shape index (κ2) is 8.45. The maximum atomic E-state index is 12.4. The number of aryl methyl sites for hydroxylation is 2. The van der Waals surface area contributed by atoms with Gasteiger partial charge in [-0.1, -0.05) is 54.6 Å². The molecular weight excluding hydrogens is 418 g/mol. The van der Waals surface area contributed by atoms with Crippen LogP contribution in [-0.4, -0.2) is 19.9 Å². The van der Waals surface area contributed by atoms with Gasteiger partial charge in [0.05, 0.1) is 22.3 Å². The number of rotatable bonds is 5. The topological polar surface area (TPSA) is 97.5 Å². The lowest BCUT2D eigenvalue weighted by molar-refractivity contribution is 0.897. The molecule has 0 radical (unpaired) electrons. The molecule has 0 aliphatic carbocycles. The molecule has 4 rings (SSSR count). The van der Waals surface area contributed by atoms with Gasteiger partial charge in [0.25, 0.3) is 5.56 Å². The Hall–Kier alpha value is -2.90. The monoisotopic (exact) mass is 437 g/mol. The first-order valence-corrected chi connectivity index (χ1v) is 10.9. The van der Waals surface area contributed by atoms with Gasteiger partial charge in [0.15, 0.2) is 5.16 Å². The number of thioether (sulfide) groups is 1. The van der Waals surface area contributed by atoms with E-state index in [0.717, 1.165) is 22.4 Å². The van der Waals surface area contributed by atoms with E-state index >= 15 is 0 Å². The number of nitrogens with zero attached hydrogens (tertiary/aromatic N) is 3. The number of H-pyrrole nitrogens is 1. The fourth-order valence-corrected chi connectivity index (χ4v) is 4.17. The molecule has 8 heteroatoms. The first-order valence-electron chi connectivity index (χ1n) is 9.50. The fraction of sp³-hybridized carbons (Fsp3) is 0.182. The maximum Gasteiger partial charge on any atom is 0.258 e. The van der Waals surface area contributed by atoms with Crippen molar-refractivity contribution in [3.8, 4) is 11.1 Å². The van der Waals surface area contributed by atoms with Crippen LogP contribution in [0.15, 0.2) is 52.4 Å². The van der Waals surface area contributed by atoms with Crippen LogP contribution in [0.3, 0.4) is 0 Å². The zero-order chi connectivity index (χ0) is 21.3. The van der Waals surface area contributed by atoms with Crippen LogP contribution in [0.1, 0.15) is 24.0 Å². The molecule has 2 aromatic carbocycles. The largest absolute Gasteiger partial charge is 0.383 e. The number of aromatic amines is 1. The summed E-state index contributed by atoms with van der Waals surface area (Å²) in [5, 5.41) is 1.80. The summed E-state index contributed by atoms with van der Waals surface area (Å²) in [6.07, 6.45) is 0.711. The summed E-state index contributed by atoms with van der Waals surface area (Å²) in [5.74, 6) is 1.43. The Labute approximate surface area is 182 Å². The Morgan fingerprint density at radius 1 is 1.10 bits per heavy atom. The number of aromatic nitrogens is 4. The van der Waals surface area contributed by atoms with Gasteiger partial charge in [-0.15, -0.1) is 0 Å². The fourth-order valence-electron chi connectivity index (χ4n) is 3.31. The molecule has 0 spiro atoms. The standard InChI is InChI=1S/C22H20ClN5OS/c1-3-16-18(13-7-9-14(23)10-8-13)20(24)28-22(25-16)30-11-17-26-19-12(2)5-4-6-15(19)21(29)27-17/h4-10H,3,11H2,1-2H3,(H2,24,25,28)(H,26,27,29). The summed E-state index contributed by atoms with van der Waals surface area (Å²) < 4.78 is 0. The van der Waals surface area contributed by atoms with Crippen molar-refractivity contribution in [2.24, 2.45) is 0 Å². The molecule has 0 atom stereocenters. The summed E-state index contributed by atoms with van der Waals surface area (Å²) >= 11 is 7.39. The number of benzene rings is 2. The third kappa shape index (κ3) is 4.04. The molecule has 0 aliphatic heterocycles. The predicted molar refractivity (Wildman–Crippen MR) is 123 cm³/mol. The van der Waals surface area contributed by atoms with Crippen LogP contribution < -0.4 is 11.3 Å². The van der Waals surface area contributed by atoms with Crippen LogP contribution in [0.25, 0.3) is 22.0 Å². The van der Waals surface area contributed by atoms with Crippen molar-refractivity contribution in [1.82, 2.24) is 19.9 Å². The molecule has 6 nitrogen and oxygen atoms in total. The average Bonchev–Trinajstić information content (AvgIpc) is 2.73. The SMILES string of the molecule is CCc1nc(SCc2nc3c(C)cccc3c(=O)[nH]2)nc(N)c1-c1ccc(Cl)cc1. The molecule has 0 bridgehead atoms. The Balaban J connectivity index is 1.64. The summed E-state index contributed by atoms with van der Waals surface area (Å²) in [4.78, 5) is 29.0. The summed E-state index contributed by atoms with van der Waals surface area (Å²) in [7, 11) is 0. The van der Waals surface area contributed by atoms with Crippen molar-refractivity contribution in [2.75, 3.05) is 5.73 Å². The van der Waals surface area contributed by atoms with Crippen molar-refractivity contribution in [1.29, 1.82) is 0 Å². The van der Waals surface area contributed by atoms with Crippen LogP contribution in [-0.2, 0) is 12.2 Å². The number of nitrogens with one attached hydrogen (secondary N) is 1. The number of nitrogen functional groups attached to an aromatic ring is 1. The van der Waals surface area contributed by atoms with Gasteiger partial charge >= 0.3 is 0 Å². The summed E-state index contributed by atoms with van der Waals surface area (Å²) in [6.45, 7) is 3.97. The van der Waals surface area contributed by atoms with E-state index in [0.29, 0.717) is 44.9 Å². The number of nitrogens with two attached hydrogens (primary N) is 1. The minimum Gasteiger partial charge on any atom is -0.383 e. The van der Waals surface area contributed by atoms with E-state index in [1.54, 1.807) is 6.07 Å². The van der Waals surface area contributed by atoms with Gasteiger partial charge in [-0.2, -0.15) is 0 Å².